The van der Waals surface area contributed by atoms with Gasteiger partial charge in [0.25, 0.3) is 5.91 Å². The van der Waals surface area contributed by atoms with Gasteiger partial charge in [-0.15, -0.1) is 0 Å². The Hall–Kier alpha value is -2.22. The summed E-state index contributed by atoms with van der Waals surface area (Å²) >= 11 is 0. The summed E-state index contributed by atoms with van der Waals surface area (Å²) in [6.45, 7) is 10.5. The molecule has 3 rings (SSSR count). The van der Waals surface area contributed by atoms with E-state index >= 15 is 0 Å². The lowest BCUT2D eigenvalue weighted by molar-refractivity contribution is -0.0440. The van der Waals surface area contributed by atoms with E-state index in [1.54, 1.807) is 12.1 Å². The lowest BCUT2D eigenvalue weighted by atomic mass is 9.86. The number of hydrogen-bond donors (Lipinski definition) is 1. The number of rotatable bonds is 4. The Bertz CT molecular complexity index is 1020. The summed E-state index contributed by atoms with van der Waals surface area (Å²) in [5.74, 6) is -0.340. The van der Waals surface area contributed by atoms with Crippen LogP contribution in [0.2, 0.25) is 0 Å². The number of ether oxygens (including phenoxy) is 1. The van der Waals surface area contributed by atoms with E-state index in [9.17, 15) is 13.2 Å². The molecule has 0 unspecified atom stereocenters. The van der Waals surface area contributed by atoms with Gasteiger partial charge in [0, 0.05) is 24.3 Å². The van der Waals surface area contributed by atoms with Crippen LogP contribution in [0.4, 0.5) is 5.69 Å². The smallest absolute Gasteiger partial charge is 0.255 e. The number of benzene rings is 2. The van der Waals surface area contributed by atoms with E-state index in [1.807, 2.05) is 38.1 Å². The van der Waals surface area contributed by atoms with Crippen LogP contribution >= 0.6 is 0 Å². The number of sulfonamides is 1. The predicted octanol–water partition coefficient (Wildman–Crippen LogP) is 4.03. The summed E-state index contributed by atoms with van der Waals surface area (Å²) in [6, 6.07) is 13.8. The van der Waals surface area contributed by atoms with Crippen molar-refractivity contribution in [3.05, 3.63) is 59.7 Å². The van der Waals surface area contributed by atoms with Crippen LogP contribution in [0.3, 0.4) is 0 Å². The fourth-order valence-corrected chi connectivity index (χ4v) is 5.35. The van der Waals surface area contributed by atoms with E-state index in [2.05, 4.69) is 26.1 Å². The zero-order valence-electron chi connectivity index (χ0n) is 18.2. The second kappa shape index (κ2) is 8.49. The molecule has 1 saturated heterocycles. The van der Waals surface area contributed by atoms with Gasteiger partial charge in [0.1, 0.15) is 0 Å². The molecule has 7 heteroatoms. The Morgan fingerprint density at radius 1 is 1.03 bits per heavy atom. The van der Waals surface area contributed by atoms with Crippen LogP contribution in [0.5, 0.6) is 0 Å². The maximum atomic E-state index is 13.1. The molecule has 0 aliphatic carbocycles. The zero-order chi connectivity index (χ0) is 22.1. The highest BCUT2D eigenvalue weighted by atomic mass is 32.2. The summed E-state index contributed by atoms with van der Waals surface area (Å²) < 4.78 is 33.3. The van der Waals surface area contributed by atoms with Crippen LogP contribution in [0.1, 0.15) is 50.5 Å². The van der Waals surface area contributed by atoms with Crippen LogP contribution in [-0.4, -0.2) is 43.9 Å². The number of morpholine rings is 1. The lowest BCUT2D eigenvalue weighted by Gasteiger charge is -2.34. The third-order valence-corrected chi connectivity index (χ3v) is 6.93. The van der Waals surface area contributed by atoms with Crippen molar-refractivity contribution in [1.82, 2.24) is 4.31 Å². The van der Waals surface area contributed by atoms with Crippen molar-refractivity contribution in [3.63, 3.8) is 0 Å². The molecule has 0 spiro atoms. The third-order valence-electron chi connectivity index (χ3n) is 5.10. The molecule has 0 bridgehead atoms. The zero-order valence-corrected chi connectivity index (χ0v) is 19.0. The number of carbonyl (C=O) groups excluding carboxylic acids is 1. The van der Waals surface area contributed by atoms with Gasteiger partial charge >= 0.3 is 0 Å². The Labute approximate surface area is 179 Å². The van der Waals surface area contributed by atoms with E-state index in [-0.39, 0.29) is 28.4 Å². The van der Waals surface area contributed by atoms with Crippen LogP contribution in [0.15, 0.2) is 53.4 Å². The SMILES string of the molecule is C[C@@H]1CN(S(=O)(=O)c2cccc(C(=O)Nc3ccccc3C(C)(C)C)c2)C[C@@H](C)O1. The number of anilines is 1. The van der Waals surface area contributed by atoms with Gasteiger partial charge in [0.05, 0.1) is 17.1 Å². The van der Waals surface area contributed by atoms with Gasteiger partial charge in [-0.1, -0.05) is 45.0 Å². The third kappa shape index (κ3) is 4.91. The lowest BCUT2D eigenvalue weighted by Crippen LogP contribution is -2.48. The monoisotopic (exact) mass is 430 g/mol. The van der Waals surface area contributed by atoms with Gasteiger partial charge < -0.3 is 10.1 Å². The maximum absolute atomic E-state index is 13.1. The molecule has 2 atom stereocenters. The number of amides is 1. The minimum Gasteiger partial charge on any atom is -0.373 e. The maximum Gasteiger partial charge on any atom is 0.255 e. The number of nitrogens with one attached hydrogen (secondary N) is 1. The molecule has 1 aliphatic heterocycles. The molecule has 0 aromatic heterocycles. The number of nitrogens with zero attached hydrogens (tertiary/aromatic N) is 1. The predicted molar refractivity (Wildman–Crippen MR) is 118 cm³/mol. The molecule has 1 fully saturated rings. The van der Waals surface area contributed by atoms with Crippen molar-refractivity contribution in [1.29, 1.82) is 0 Å². The van der Waals surface area contributed by atoms with Crippen LogP contribution in [0, 0.1) is 0 Å². The summed E-state index contributed by atoms with van der Waals surface area (Å²) in [4.78, 5) is 13.0. The van der Waals surface area contributed by atoms with Gasteiger partial charge in [0.15, 0.2) is 0 Å². The van der Waals surface area contributed by atoms with Crippen LogP contribution in [0.25, 0.3) is 0 Å². The molecule has 2 aromatic rings. The van der Waals surface area contributed by atoms with Crippen molar-refractivity contribution in [2.45, 2.75) is 57.1 Å². The molecule has 0 saturated carbocycles. The molecule has 30 heavy (non-hydrogen) atoms. The molecule has 1 aliphatic rings. The van der Waals surface area contributed by atoms with E-state index < -0.39 is 10.0 Å². The first-order valence-corrected chi connectivity index (χ1v) is 11.6. The average Bonchev–Trinajstić information content (AvgIpc) is 2.67. The highest BCUT2D eigenvalue weighted by molar-refractivity contribution is 7.89. The van der Waals surface area contributed by atoms with Crippen molar-refractivity contribution in [2.75, 3.05) is 18.4 Å². The summed E-state index contributed by atoms with van der Waals surface area (Å²) in [5.41, 5.74) is 1.89. The Kier molecular flexibility index (Phi) is 6.36. The average molecular weight is 431 g/mol. The van der Waals surface area contributed by atoms with E-state index in [0.717, 1.165) is 11.3 Å². The van der Waals surface area contributed by atoms with Gasteiger partial charge in [0.2, 0.25) is 10.0 Å². The Morgan fingerprint density at radius 3 is 2.30 bits per heavy atom. The second-order valence-corrected chi connectivity index (χ2v) is 10.8. The number of carbonyl (C=O) groups is 1. The fraction of sp³-hybridized carbons (Fsp3) is 0.435. The standard InChI is InChI=1S/C23H30N2O4S/c1-16-14-25(15-17(2)29-16)30(27,28)19-10-8-9-18(13-19)22(26)24-21-12-7-6-11-20(21)23(3,4)5/h6-13,16-17H,14-15H2,1-5H3,(H,24,26)/t16-,17-/m1/s1. The van der Waals surface area contributed by atoms with E-state index in [4.69, 9.17) is 4.74 Å². The van der Waals surface area contributed by atoms with Crippen molar-refractivity contribution < 1.29 is 17.9 Å². The molecule has 0 radical (unpaired) electrons. The van der Waals surface area contributed by atoms with E-state index in [0.29, 0.717) is 18.7 Å². The first-order chi connectivity index (χ1) is 14.0. The topological polar surface area (TPSA) is 75.7 Å². The highest BCUT2D eigenvalue weighted by Gasteiger charge is 2.32. The van der Waals surface area contributed by atoms with Crippen molar-refractivity contribution in [2.24, 2.45) is 0 Å². The molecule has 2 aromatic carbocycles. The highest BCUT2D eigenvalue weighted by Crippen LogP contribution is 2.30. The first-order valence-electron chi connectivity index (χ1n) is 10.1. The molecular formula is C23H30N2O4S. The van der Waals surface area contributed by atoms with Gasteiger partial charge in [-0.05, 0) is 49.1 Å². The molecule has 6 nitrogen and oxygen atoms in total. The van der Waals surface area contributed by atoms with Gasteiger partial charge in [-0.25, -0.2) is 8.42 Å². The fourth-order valence-electron chi connectivity index (χ4n) is 3.71. The second-order valence-electron chi connectivity index (χ2n) is 8.86. The van der Waals surface area contributed by atoms with Gasteiger partial charge in [-0.3, -0.25) is 4.79 Å². The van der Waals surface area contributed by atoms with Crippen molar-refractivity contribution in [3.8, 4) is 0 Å². The van der Waals surface area contributed by atoms with Crippen LogP contribution < -0.4 is 5.32 Å². The van der Waals surface area contributed by atoms with Gasteiger partial charge in [-0.2, -0.15) is 4.31 Å². The minimum atomic E-state index is -3.71. The molecule has 162 valence electrons. The quantitative estimate of drug-likeness (QED) is 0.794. The van der Waals surface area contributed by atoms with Crippen LogP contribution in [-0.2, 0) is 20.2 Å². The minimum absolute atomic E-state index is 0.112. The Balaban J connectivity index is 1.86. The largest absolute Gasteiger partial charge is 0.373 e. The molecular weight excluding hydrogens is 400 g/mol. The normalized spacial score (nSPS) is 20.7. The van der Waals surface area contributed by atoms with E-state index in [1.165, 1.54) is 16.4 Å². The first kappa shape index (κ1) is 22.5. The molecule has 1 amide bonds. The molecule has 1 heterocycles. The Morgan fingerprint density at radius 2 is 1.67 bits per heavy atom. The summed E-state index contributed by atoms with van der Waals surface area (Å²) in [5, 5.41) is 2.94. The summed E-state index contributed by atoms with van der Waals surface area (Å²) in [7, 11) is -3.71. The molecule has 1 N–H and O–H groups in total. The van der Waals surface area contributed by atoms with Crippen molar-refractivity contribution >= 4 is 21.6 Å². The number of para-hydroxylation sites is 1. The summed E-state index contributed by atoms with van der Waals surface area (Å²) in [6.07, 6.45) is -0.354. The number of hydrogen-bond acceptors (Lipinski definition) is 4.